The standard InChI is InChI=1S/C19H33N5/c1-4-23-9-11-24(12-10-23)8-6-5-7-21-19(20)22-18-14-16(2)13-17(3)15-18/h13-15H,4-12H2,1-3H3,(H3,20,21,22). The molecule has 0 unspecified atom stereocenters. The molecule has 0 spiro atoms. The summed E-state index contributed by atoms with van der Waals surface area (Å²) in [6.07, 6.45) is 2.27. The molecule has 1 saturated heterocycles. The van der Waals surface area contributed by atoms with Gasteiger partial charge in [-0.3, -0.25) is 4.99 Å². The zero-order valence-corrected chi connectivity index (χ0v) is 15.5. The van der Waals surface area contributed by atoms with Crippen LogP contribution in [0.3, 0.4) is 0 Å². The number of unbranched alkanes of at least 4 members (excludes halogenated alkanes) is 1. The van der Waals surface area contributed by atoms with Crippen molar-refractivity contribution in [1.29, 1.82) is 0 Å². The van der Waals surface area contributed by atoms with Crippen molar-refractivity contribution in [3.63, 3.8) is 0 Å². The van der Waals surface area contributed by atoms with Crippen molar-refractivity contribution in [1.82, 2.24) is 9.80 Å². The summed E-state index contributed by atoms with van der Waals surface area (Å²) < 4.78 is 0. The third kappa shape index (κ3) is 6.49. The quantitative estimate of drug-likeness (QED) is 0.458. The predicted octanol–water partition coefficient (Wildman–Crippen LogP) is 2.45. The van der Waals surface area contributed by atoms with E-state index in [-0.39, 0.29) is 0 Å². The van der Waals surface area contributed by atoms with Crippen LogP contribution < -0.4 is 11.1 Å². The van der Waals surface area contributed by atoms with Gasteiger partial charge in [-0.25, -0.2) is 0 Å². The summed E-state index contributed by atoms with van der Waals surface area (Å²) in [5, 5.41) is 3.19. The van der Waals surface area contributed by atoms with Crippen LogP contribution in [0.25, 0.3) is 0 Å². The Hall–Kier alpha value is -1.59. The first-order valence-corrected chi connectivity index (χ1v) is 9.17. The van der Waals surface area contributed by atoms with Crippen LogP contribution in [0.2, 0.25) is 0 Å². The van der Waals surface area contributed by atoms with Gasteiger partial charge >= 0.3 is 0 Å². The summed E-state index contributed by atoms with van der Waals surface area (Å²) in [6, 6.07) is 6.33. The van der Waals surface area contributed by atoms with E-state index >= 15 is 0 Å². The molecule has 0 amide bonds. The van der Waals surface area contributed by atoms with Crippen LogP contribution >= 0.6 is 0 Å². The molecule has 0 bridgehead atoms. The Kier molecular flexibility index (Phi) is 7.53. The molecular weight excluding hydrogens is 298 g/mol. The number of guanidine groups is 1. The smallest absolute Gasteiger partial charge is 0.193 e. The fourth-order valence-corrected chi connectivity index (χ4v) is 3.21. The van der Waals surface area contributed by atoms with E-state index in [4.69, 9.17) is 5.73 Å². The number of benzene rings is 1. The Morgan fingerprint density at radius 3 is 2.29 bits per heavy atom. The van der Waals surface area contributed by atoms with E-state index < -0.39 is 0 Å². The van der Waals surface area contributed by atoms with E-state index in [0.29, 0.717) is 5.96 Å². The Bertz CT molecular complexity index is 512. The van der Waals surface area contributed by atoms with Crippen LogP contribution in [0.5, 0.6) is 0 Å². The first kappa shape index (κ1) is 18.7. The lowest BCUT2D eigenvalue weighted by molar-refractivity contribution is 0.136. The number of nitrogens with two attached hydrogens (primary N) is 1. The van der Waals surface area contributed by atoms with Gasteiger partial charge in [0.25, 0.3) is 0 Å². The number of aliphatic imine (C=N–C) groups is 1. The van der Waals surface area contributed by atoms with Crippen molar-refractivity contribution in [2.24, 2.45) is 10.7 Å². The lowest BCUT2D eigenvalue weighted by Gasteiger charge is -2.33. The molecule has 1 aromatic rings. The molecule has 0 atom stereocenters. The highest BCUT2D eigenvalue weighted by atomic mass is 15.3. The van der Waals surface area contributed by atoms with E-state index in [1.807, 2.05) is 0 Å². The van der Waals surface area contributed by atoms with Crippen molar-refractivity contribution in [3.05, 3.63) is 29.3 Å². The van der Waals surface area contributed by atoms with Gasteiger partial charge in [0.05, 0.1) is 0 Å². The van der Waals surface area contributed by atoms with Gasteiger partial charge in [-0.05, 0) is 63.0 Å². The van der Waals surface area contributed by atoms with Crippen molar-refractivity contribution in [2.45, 2.75) is 33.6 Å². The highest BCUT2D eigenvalue weighted by Crippen LogP contribution is 2.13. The molecule has 0 saturated carbocycles. The van der Waals surface area contributed by atoms with Gasteiger partial charge in [0.15, 0.2) is 5.96 Å². The molecule has 0 radical (unpaired) electrons. The van der Waals surface area contributed by atoms with Crippen molar-refractivity contribution in [3.8, 4) is 0 Å². The Labute approximate surface area is 146 Å². The first-order chi connectivity index (χ1) is 11.6. The third-order valence-corrected chi connectivity index (χ3v) is 4.57. The number of hydrogen-bond donors (Lipinski definition) is 2. The third-order valence-electron chi connectivity index (χ3n) is 4.57. The van der Waals surface area contributed by atoms with Gasteiger partial charge in [0, 0.05) is 38.4 Å². The molecular formula is C19H33N5. The normalized spacial score (nSPS) is 17.2. The molecule has 1 fully saturated rings. The van der Waals surface area contributed by atoms with Crippen LogP contribution in [-0.2, 0) is 0 Å². The molecule has 1 heterocycles. The Morgan fingerprint density at radius 1 is 1.04 bits per heavy atom. The minimum Gasteiger partial charge on any atom is -0.370 e. The van der Waals surface area contributed by atoms with Crippen molar-refractivity contribution < 1.29 is 0 Å². The molecule has 1 aromatic carbocycles. The lowest BCUT2D eigenvalue weighted by Crippen LogP contribution is -2.46. The molecule has 5 nitrogen and oxygen atoms in total. The number of nitrogens with zero attached hydrogens (tertiary/aromatic N) is 3. The van der Waals surface area contributed by atoms with E-state index in [1.54, 1.807) is 0 Å². The topological polar surface area (TPSA) is 56.9 Å². The van der Waals surface area contributed by atoms with Crippen molar-refractivity contribution >= 4 is 11.6 Å². The Morgan fingerprint density at radius 2 is 1.67 bits per heavy atom. The Balaban J connectivity index is 1.63. The number of likely N-dealkylation sites (N-methyl/N-ethyl adjacent to an activating group) is 1. The molecule has 5 heteroatoms. The van der Waals surface area contributed by atoms with Crippen LogP contribution in [0.4, 0.5) is 5.69 Å². The fourth-order valence-electron chi connectivity index (χ4n) is 3.21. The first-order valence-electron chi connectivity index (χ1n) is 9.17. The number of nitrogens with one attached hydrogen (secondary N) is 1. The van der Waals surface area contributed by atoms with Crippen LogP contribution in [-0.4, -0.2) is 61.6 Å². The lowest BCUT2D eigenvalue weighted by atomic mass is 10.1. The van der Waals surface area contributed by atoms with Crippen molar-refractivity contribution in [2.75, 3.05) is 51.1 Å². The summed E-state index contributed by atoms with van der Waals surface area (Å²) in [4.78, 5) is 9.52. The van der Waals surface area contributed by atoms with Gasteiger partial charge in [-0.15, -0.1) is 0 Å². The molecule has 134 valence electrons. The number of aryl methyl sites for hydroxylation is 2. The summed E-state index contributed by atoms with van der Waals surface area (Å²) in [5.41, 5.74) is 9.46. The second-order valence-electron chi connectivity index (χ2n) is 6.75. The summed E-state index contributed by atoms with van der Waals surface area (Å²) in [6.45, 7) is 14.4. The summed E-state index contributed by atoms with van der Waals surface area (Å²) >= 11 is 0. The molecule has 1 aliphatic rings. The summed E-state index contributed by atoms with van der Waals surface area (Å²) in [5.74, 6) is 0.511. The molecule has 24 heavy (non-hydrogen) atoms. The van der Waals surface area contributed by atoms with Crippen LogP contribution in [0.15, 0.2) is 23.2 Å². The second-order valence-corrected chi connectivity index (χ2v) is 6.75. The van der Waals surface area contributed by atoms with Crippen LogP contribution in [0, 0.1) is 13.8 Å². The number of piperazine rings is 1. The maximum atomic E-state index is 5.98. The van der Waals surface area contributed by atoms with E-state index in [2.05, 4.69) is 59.1 Å². The van der Waals surface area contributed by atoms with Gasteiger partial charge in [0.1, 0.15) is 0 Å². The molecule has 3 N–H and O–H groups in total. The molecule has 2 rings (SSSR count). The van der Waals surface area contributed by atoms with E-state index in [9.17, 15) is 0 Å². The maximum absolute atomic E-state index is 5.98. The highest BCUT2D eigenvalue weighted by Gasteiger charge is 2.14. The zero-order valence-electron chi connectivity index (χ0n) is 15.5. The van der Waals surface area contributed by atoms with Crippen LogP contribution in [0.1, 0.15) is 30.9 Å². The largest absolute Gasteiger partial charge is 0.370 e. The van der Waals surface area contributed by atoms with E-state index in [0.717, 1.165) is 18.7 Å². The maximum Gasteiger partial charge on any atom is 0.193 e. The summed E-state index contributed by atoms with van der Waals surface area (Å²) in [7, 11) is 0. The van der Waals surface area contributed by atoms with Gasteiger partial charge in [-0.1, -0.05) is 13.0 Å². The average Bonchev–Trinajstić information content (AvgIpc) is 2.54. The second kappa shape index (κ2) is 9.64. The highest BCUT2D eigenvalue weighted by molar-refractivity contribution is 5.92. The SMILES string of the molecule is CCN1CCN(CCCCN=C(N)Nc2cc(C)cc(C)c2)CC1. The zero-order chi connectivity index (χ0) is 17.4. The minimum atomic E-state index is 0.511. The molecule has 0 aliphatic carbocycles. The number of anilines is 1. The van der Waals surface area contributed by atoms with Gasteiger partial charge < -0.3 is 20.9 Å². The van der Waals surface area contributed by atoms with Gasteiger partial charge in [-0.2, -0.15) is 0 Å². The van der Waals surface area contributed by atoms with Gasteiger partial charge in [0.2, 0.25) is 0 Å². The molecule has 0 aromatic heterocycles. The molecule has 1 aliphatic heterocycles. The monoisotopic (exact) mass is 331 g/mol. The number of rotatable bonds is 7. The average molecular weight is 332 g/mol. The minimum absolute atomic E-state index is 0.511. The fraction of sp³-hybridized carbons (Fsp3) is 0.632. The van der Waals surface area contributed by atoms with E-state index in [1.165, 1.54) is 56.8 Å². The predicted molar refractivity (Wildman–Crippen MR) is 104 cm³/mol. The number of hydrogen-bond acceptors (Lipinski definition) is 3.